The van der Waals surface area contributed by atoms with Crippen LogP contribution in [0.25, 0.3) is 0 Å². The van der Waals surface area contributed by atoms with Crippen molar-refractivity contribution < 1.29 is 8.42 Å². The third kappa shape index (κ3) is 6.52. The summed E-state index contributed by atoms with van der Waals surface area (Å²) >= 11 is 0. The molecule has 20 heavy (non-hydrogen) atoms. The number of piperidine rings is 1. The van der Waals surface area contributed by atoms with Crippen LogP contribution in [0.1, 0.15) is 47.0 Å². The molecule has 1 rings (SSSR count). The van der Waals surface area contributed by atoms with Crippen LogP contribution in [-0.4, -0.2) is 45.4 Å². The Bertz CT molecular complexity index is 376. The molecule has 120 valence electrons. The highest BCUT2D eigenvalue weighted by Crippen LogP contribution is 2.19. The van der Waals surface area contributed by atoms with Gasteiger partial charge in [0.2, 0.25) is 0 Å². The first-order valence-corrected chi connectivity index (χ1v) is 9.14. The lowest BCUT2D eigenvalue weighted by Gasteiger charge is -2.32. The van der Waals surface area contributed by atoms with Crippen molar-refractivity contribution in [2.24, 2.45) is 11.3 Å². The van der Waals surface area contributed by atoms with Crippen molar-refractivity contribution in [3.8, 4) is 0 Å². The lowest BCUT2D eigenvalue weighted by molar-refractivity contribution is 0.258. The first-order valence-electron chi connectivity index (χ1n) is 7.70. The van der Waals surface area contributed by atoms with Crippen LogP contribution in [0.4, 0.5) is 0 Å². The van der Waals surface area contributed by atoms with Gasteiger partial charge in [0.05, 0.1) is 0 Å². The topological polar surface area (TPSA) is 61.4 Å². The second-order valence-corrected chi connectivity index (χ2v) is 8.64. The smallest absolute Gasteiger partial charge is 0.279 e. The zero-order valence-electron chi connectivity index (χ0n) is 13.4. The van der Waals surface area contributed by atoms with E-state index in [1.807, 2.05) is 0 Å². The first-order chi connectivity index (χ1) is 9.24. The summed E-state index contributed by atoms with van der Waals surface area (Å²) in [5, 5.41) is 3.31. The Morgan fingerprint density at radius 2 is 2.00 bits per heavy atom. The normalized spacial score (nSPS) is 22.1. The molecule has 0 aromatic rings. The van der Waals surface area contributed by atoms with Gasteiger partial charge in [0.1, 0.15) is 0 Å². The van der Waals surface area contributed by atoms with Crippen molar-refractivity contribution in [1.82, 2.24) is 14.3 Å². The maximum absolute atomic E-state index is 12.3. The van der Waals surface area contributed by atoms with Crippen LogP contribution in [0.5, 0.6) is 0 Å². The molecule has 5 nitrogen and oxygen atoms in total. The van der Waals surface area contributed by atoms with E-state index in [1.165, 1.54) is 0 Å². The Hall–Kier alpha value is -0.170. The van der Waals surface area contributed by atoms with Crippen molar-refractivity contribution in [2.75, 3.05) is 32.7 Å². The fourth-order valence-corrected chi connectivity index (χ4v) is 3.73. The van der Waals surface area contributed by atoms with E-state index in [4.69, 9.17) is 0 Å². The zero-order valence-corrected chi connectivity index (χ0v) is 14.2. The highest BCUT2D eigenvalue weighted by Gasteiger charge is 2.28. The Labute approximate surface area is 124 Å². The zero-order chi connectivity index (χ0) is 15.2. The molecule has 1 aliphatic rings. The van der Waals surface area contributed by atoms with Crippen LogP contribution in [0.15, 0.2) is 0 Å². The predicted octanol–water partition coefficient (Wildman–Crippen LogP) is 1.58. The molecule has 0 aliphatic carbocycles. The third-order valence-corrected chi connectivity index (χ3v) is 5.24. The molecule has 1 heterocycles. The fraction of sp³-hybridized carbons (Fsp3) is 1.00. The van der Waals surface area contributed by atoms with Gasteiger partial charge in [0.15, 0.2) is 0 Å². The summed E-state index contributed by atoms with van der Waals surface area (Å²) in [4.78, 5) is 0. The average molecular weight is 305 g/mol. The molecule has 0 radical (unpaired) electrons. The van der Waals surface area contributed by atoms with Gasteiger partial charge in [0, 0.05) is 19.6 Å². The molecule has 1 atom stereocenters. The van der Waals surface area contributed by atoms with Crippen molar-refractivity contribution in [3.63, 3.8) is 0 Å². The molecule has 0 spiro atoms. The second-order valence-electron chi connectivity index (χ2n) is 6.88. The Morgan fingerprint density at radius 1 is 1.30 bits per heavy atom. The van der Waals surface area contributed by atoms with Crippen LogP contribution in [0.3, 0.4) is 0 Å². The van der Waals surface area contributed by atoms with Crippen LogP contribution in [0.2, 0.25) is 0 Å². The molecule has 6 heteroatoms. The van der Waals surface area contributed by atoms with Gasteiger partial charge < -0.3 is 5.32 Å². The molecule has 1 saturated heterocycles. The van der Waals surface area contributed by atoms with Gasteiger partial charge >= 0.3 is 0 Å². The highest BCUT2D eigenvalue weighted by atomic mass is 32.2. The molecule has 0 aromatic carbocycles. The van der Waals surface area contributed by atoms with E-state index in [-0.39, 0.29) is 5.41 Å². The molecule has 1 aliphatic heterocycles. The summed E-state index contributed by atoms with van der Waals surface area (Å²) in [6, 6.07) is 0. The van der Waals surface area contributed by atoms with Gasteiger partial charge in [-0.1, -0.05) is 27.7 Å². The van der Waals surface area contributed by atoms with E-state index in [0.717, 1.165) is 32.4 Å². The number of nitrogens with zero attached hydrogens (tertiary/aromatic N) is 1. The van der Waals surface area contributed by atoms with Gasteiger partial charge in [-0.25, -0.2) is 4.72 Å². The quantitative estimate of drug-likeness (QED) is 0.751. The standard InChI is InChI=1S/C14H31N3O2S/c1-5-15-11-13-7-6-10-17(12-13)20(18,19)16-9-8-14(2,3)4/h13,15-16H,5-12H2,1-4H3. The minimum Gasteiger partial charge on any atom is -0.317 e. The predicted molar refractivity (Wildman–Crippen MR) is 83.8 cm³/mol. The second kappa shape index (κ2) is 7.73. The molecule has 0 aromatic heterocycles. The van der Waals surface area contributed by atoms with Crippen molar-refractivity contribution in [3.05, 3.63) is 0 Å². The summed E-state index contributed by atoms with van der Waals surface area (Å²) in [5.74, 6) is 0.433. The monoisotopic (exact) mass is 305 g/mol. The van der Waals surface area contributed by atoms with E-state index in [9.17, 15) is 8.42 Å². The summed E-state index contributed by atoms with van der Waals surface area (Å²) in [7, 11) is -3.31. The lowest BCUT2D eigenvalue weighted by Crippen LogP contribution is -2.48. The minimum absolute atomic E-state index is 0.151. The van der Waals surface area contributed by atoms with Crippen molar-refractivity contribution in [2.45, 2.75) is 47.0 Å². The number of nitrogens with one attached hydrogen (secondary N) is 2. The fourth-order valence-electron chi connectivity index (χ4n) is 2.41. The molecule has 1 unspecified atom stereocenters. The largest absolute Gasteiger partial charge is 0.317 e. The van der Waals surface area contributed by atoms with Crippen molar-refractivity contribution >= 4 is 10.2 Å². The summed E-state index contributed by atoms with van der Waals surface area (Å²) in [5.41, 5.74) is 0.151. The lowest BCUT2D eigenvalue weighted by atomic mass is 9.93. The van der Waals surface area contributed by atoms with Gasteiger partial charge in [-0.05, 0) is 43.7 Å². The Kier molecular flexibility index (Phi) is 6.91. The number of hydrogen-bond donors (Lipinski definition) is 2. The van der Waals surface area contributed by atoms with Gasteiger partial charge in [0.25, 0.3) is 10.2 Å². The summed E-state index contributed by atoms with van der Waals surface area (Å²) < 4.78 is 28.9. The molecule has 1 fully saturated rings. The first kappa shape index (κ1) is 17.9. The summed E-state index contributed by atoms with van der Waals surface area (Å²) in [6.45, 7) is 12.1. The van der Waals surface area contributed by atoms with E-state index in [0.29, 0.717) is 25.6 Å². The SMILES string of the molecule is CCNCC1CCCN(S(=O)(=O)NCCC(C)(C)C)C1. The Balaban J connectivity index is 2.45. The van der Waals surface area contributed by atoms with Gasteiger partial charge in [-0.2, -0.15) is 12.7 Å². The van der Waals surface area contributed by atoms with Gasteiger partial charge in [-0.15, -0.1) is 0 Å². The minimum atomic E-state index is -3.31. The maximum Gasteiger partial charge on any atom is 0.279 e. The van der Waals surface area contributed by atoms with Gasteiger partial charge in [-0.3, -0.25) is 0 Å². The average Bonchev–Trinajstić information content (AvgIpc) is 2.35. The van der Waals surface area contributed by atoms with E-state index in [2.05, 4.69) is 37.7 Å². The molecule has 0 amide bonds. The highest BCUT2D eigenvalue weighted by molar-refractivity contribution is 7.87. The third-order valence-electron chi connectivity index (χ3n) is 3.66. The Morgan fingerprint density at radius 3 is 2.60 bits per heavy atom. The molecule has 0 saturated carbocycles. The summed E-state index contributed by atoms with van der Waals surface area (Å²) in [6.07, 6.45) is 2.91. The number of rotatable bonds is 7. The van der Waals surface area contributed by atoms with Crippen molar-refractivity contribution in [1.29, 1.82) is 0 Å². The van der Waals surface area contributed by atoms with E-state index < -0.39 is 10.2 Å². The number of hydrogen-bond acceptors (Lipinski definition) is 3. The van der Waals surface area contributed by atoms with Crippen LogP contribution in [0, 0.1) is 11.3 Å². The van der Waals surface area contributed by atoms with Crippen LogP contribution >= 0.6 is 0 Å². The maximum atomic E-state index is 12.3. The molecule has 0 bridgehead atoms. The van der Waals surface area contributed by atoms with Crippen LogP contribution in [-0.2, 0) is 10.2 Å². The molecular formula is C14H31N3O2S. The molecular weight excluding hydrogens is 274 g/mol. The van der Waals surface area contributed by atoms with E-state index in [1.54, 1.807) is 4.31 Å². The van der Waals surface area contributed by atoms with Crippen LogP contribution < -0.4 is 10.0 Å². The molecule has 2 N–H and O–H groups in total. The van der Waals surface area contributed by atoms with E-state index >= 15 is 0 Å².